The summed E-state index contributed by atoms with van der Waals surface area (Å²) in [5, 5.41) is 17.2. The maximum atomic E-state index is 12.6. The van der Waals surface area contributed by atoms with Gasteiger partial charge in [-0.15, -0.1) is 5.10 Å². The predicted octanol–water partition coefficient (Wildman–Crippen LogP) is 3.22. The second kappa shape index (κ2) is 8.66. The summed E-state index contributed by atoms with van der Waals surface area (Å²) in [5.41, 5.74) is 1.59. The van der Waals surface area contributed by atoms with Gasteiger partial charge in [-0.2, -0.15) is 0 Å². The lowest BCUT2D eigenvalue weighted by molar-refractivity contribution is 0.147. The van der Waals surface area contributed by atoms with E-state index in [0.29, 0.717) is 25.2 Å². The van der Waals surface area contributed by atoms with Crippen LogP contribution in [0.3, 0.4) is 0 Å². The van der Waals surface area contributed by atoms with Crippen molar-refractivity contribution in [3.8, 4) is 5.75 Å². The molecule has 0 bridgehead atoms. The summed E-state index contributed by atoms with van der Waals surface area (Å²) in [6, 6.07) is 16.0. The summed E-state index contributed by atoms with van der Waals surface area (Å²) < 4.78 is 7.16. The number of phenols is 1. The number of aryl methyl sites for hydroxylation is 1. The monoisotopic (exact) mass is 352 g/mol. The van der Waals surface area contributed by atoms with Gasteiger partial charge in [0.1, 0.15) is 12.4 Å². The van der Waals surface area contributed by atoms with Gasteiger partial charge in [0.15, 0.2) is 0 Å². The number of hydrogen-bond acceptors (Lipinski definition) is 5. The molecule has 134 valence electrons. The highest BCUT2D eigenvalue weighted by atomic mass is 16.6. The SMILES string of the molecule is O=C(OCc1ccccc1)N(CCCn1ccnn1)c1ccc(O)cc1. The third-order valence-electron chi connectivity index (χ3n) is 3.83. The van der Waals surface area contributed by atoms with Gasteiger partial charge in [0.2, 0.25) is 0 Å². The number of benzene rings is 2. The number of nitrogens with zero attached hydrogens (tertiary/aromatic N) is 4. The number of rotatable bonds is 7. The topological polar surface area (TPSA) is 80.5 Å². The van der Waals surface area contributed by atoms with Crippen molar-refractivity contribution in [1.82, 2.24) is 15.0 Å². The second-order valence-electron chi connectivity index (χ2n) is 5.73. The first kappa shape index (κ1) is 17.5. The van der Waals surface area contributed by atoms with Crippen molar-refractivity contribution in [3.63, 3.8) is 0 Å². The Labute approximate surface area is 151 Å². The summed E-state index contributed by atoms with van der Waals surface area (Å²) in [4.78, 5) is 14.2. The Hall–Kier alpha value is -3.35. The minimum absolute atomic E-state index is 0.147. The fourth-order valence-corrected chi connectivity index (χ4v) is 2.50. The van der Waals surface area contributed by atoms with Crippen LogP contribution in [0.25, 0.3) is 0 Å². The summed E-state index contributed by atoms with van der Waals surface area (Å²) in [6.45, 7) is 1.30. The van der Waals surface area contributed by atoms with Crippen molar-refractivity contribution >= 4 is 11.8 Å². The van der Waals surface area contributed by atoms with Gasteiger partial charge < -0.3 is 9.84 Å². The molecule has 0 fully saturated rings. The van der Waals surface area contributed by atoms with Crippen molar-refractivity contribution in [2.75, 3.05) is 11.4 Å². The molecule has 0 saturated carbocycles. The molecule has 1 N–H and O–H groups in total. The fourth-order valence-electron chi connectivity index (χ4n) is 2.50. The molecule has 0 spiro atoms. The van der Waals surface area contributed by atoms with Crippen LogP contribution in [0, 0.1) is 0 Å². The smallest absolute Gasteiger partial charge is 0.414 e. The van der Waals surface area contributed by atoms with E-state index in [0.717, 1.165) is 5.56 Å². The van der Waals surface area contributed by atoms with Gasteiger partial charge in [0.05, 0.1) is 6.20 Å². The Balaban J connectivity index is 1.64. The number of carbonyl (C=O) groups excluding carboxylic acids is 1. The van der Waals surface area contributed by atoms with Crippen molar-refractivity contribution < 1.29 is 14.6 Å². The minimum atomic E-state index is -0.432. The van der Waals surface area contributed by atoms with E-state index in [-0.39, 0.29) is 12.4 Å². The molecule has 7 heteroatoms. The van der Waals surface area contributed by atoms with Crippen molar-refractivity contribution in [3.05, 3.63) is 72.6 Å². The standard InChI is InChI=1S/C19H20N4O3/c24-18-9-7-17(8-10-18)23(13-4-12-22-14-11-20-21-22)19(25)26-15-16-5-2-1-3-6-16/h1-3,5-11,14,24H,4,12-13,15H2. The van der Waals surface area contributed by atoms with Crippen LogP contribution in [0.5, 0.6) is 5.75 Å². The van der Waals surface area contributed by atoms with Gasteiger partial charge in [0, 0.05) is 25.0 Å². The number of phenolic OH excluding ortho intramolecular Hbond substituents is 1. The molecule has 7 nitrogen and oxygen atoms in total. The number of hydrogen-bond donors (Lipinski definition) is 1. The van der Waals surface area contributed by atoms with Gasteiger partial charge in [0.25, 0.3) is 0 Å². The molecule has 1 aromatic heterocycles. The molecule has 3 rings (SSSR count). The van der Waals surface area contributed by atoms with Crippen molar-refractivity contribution in [1.29, 1.82) is 0 Å². The third kappa shape index (κ3) is 4.83. The Morgan fingerprint density at radius 2 is 1.88 bits per heavy atom. The molecule has 0 saturated heterocycles. The number of anilines is 1. The van der Waals surface area contributed by atoms with Crippen molar-refractivity contribution in [2.24, 2.45) is 0 Å². The van der Waals surface area contributed by atoms with Gasteiger partial charge in [-0.25, -0.2) is 4.79 Å². The molecule has 0 aliphatic heterocycles. The zero-order valence-corrected chi connectivity index (χ0v) is 14.2. The highest BCUT2D eigenvalue weighted by Gasteiger charge is 2.17. The van der Waals surface area contributed by atoms with Crippen LogP contribution in [-0.4, -0.2) is 32.7 Å². The summed E-state index contributed by atoms with van der Waals surface area (Å²) >= 11 is 0. The molecule has 1 amide bonds. The van der Waals surface area contributed by atoms with Crippen LogP contribution in [0.2, 0.25) is 0 Å². The molecule has 1 heterocycles. The first-order chi connectivity index (χ1) is 12.7. The van der Waals surface area contributed by atoms with E-state index >= 15 is 0 Å². The average molecular weight is 352 g/mol. The van der Waals surface area contributed by atoms with Crippen LogP contribution in [0.15, 0.2) is 67.0 Å². The predicted molar refractivity (Wildman–Crippen MR) is 96.7 cm³/mol. The fraction of sp³-hybridized carbons (Fsp3) is 0.211. The Kier molecular flexibility index (Phi) is 5.82. The minimum Gasteiger partial charge on any atom is -0.508 e. The van der Waals surface area contributed by atoms with Gasteiger partial charge in [-0.05, 0) is 36.2 Å². The molecular weight excluding hydrogens is 332 g/mol. The first-order valence-corrected chi connectivity index (χ1v) is 8.34. The van der Waals surface area contributed by atoms with Crippen LogP contribution in [0.4, 0.5) is 10.5 Å². The number of carbonyl (C=O) groups is 1. The summed E-state index contributed by atoms with van der Waals surface area (Å²) in [5.74, 6) is 0.147. The van der Waals surface area contributed by atoms with E-state index in [2.05, 4.69) is 10.3 Å². The molecule has 0 aliphatic rings. The van der Waals surface area contributed by atoms with E-state index in [1.54, 1.807) is 46.2 Å². The van der Waals surface area contributed by atoms with Crippen molar-refractivity contribution in [2.45, 2.75) is 19.6 Å². The lowest BCUT2D eigenvalue weighted by Gasteiger charge is -2.22. The van der Waals surface area contributed by atoms with Crippen LogP contribution < -0.4 is 4.90 Å². The quantitative estimate of drug-likeness (QED) is 0.706. The Morgan fingerprint density at radius 3 is 2.58 bits per heavy atom. The summed E-state index contributed by atoms with van der Waals surface area (Å²) in [6.07, 6.45) is 3.65. The van der Waals surface area contributed by atoms with E-state index in [1.165, 1.54) is 0 Å². The number of aromatic hydroxyl groups is 1. The Morgan fingerprint density at radius 1 is 1.12 bits per heavy atom. The third-order valence-corrected chi connectivity index (χ3v) is 3.83. The Bertz CT molecular complexity index is 805. The van der Waals surface area contributed by atoms with Crippen LogP contribution >= 0.6 is 0 Å². The van der Waals surface area contributed by atoms with Gasteiger partial charge >= 0.3 is 6.09 Å². The van der Waals surface area contributed by atoms with E-state index in [4.69, 9.17) is 4.74 Å². The summed E-state index contributed by atoms with van der Waals surface area (Å²) in [7, 11) is 0. The molecule has 0 atom stereocenters. The number of aromatic nitrogens is 3. The van der Waals surface area contributed by atoms with Gasteiger partial charge in [-0.1, -0.05) is 35.5 Å². The van der Waals surface area contributed by atoms with E-state index < -0.39 is 6.09 Å². The molecule has 0 aliphatic carbocycles. The average Bonchev–Trinajstić information content (AvgIpc) is 3.19. The molecule has 26 heavy (non-hydrogen) atoms. The number of ether oxygens (including phenoxy) is 1. The maximum Gasteiger partial charge on any atom is 0.414 e. The highest BCUT2D eigenvalue weighted by molar-refractivity contribution is 5.87. The van der Waals surface area contributed by atoms with E-state index in [1.807, 2.05) is 30.3 Å². The van der Waals surface area contributed by atoms with Crippen LogP contribution in [0.1, 0.15) is 12.0 Å². The lowest BCUT2D eigenvalue weighted by Crippen LogP contribution is -2.33. The molecule has 0 unspecified atom stereocenters. The van der Waals surface area contributed by atoms with Crippen LogP contribution in [-0.2, 0) is 17.9 Å². The van der Waals surface area contributed by atoms with E-state index in [9.17, 15) is 9.90 Å². The zero-order chi connectivity index (χ0) is 18.2. The van der Waals surface area contributed by atoms with Gasteiger partial charge in [-0.3, -0.25) is 9.58 Å². The molecule has 0 radical (unpaired) electrons. The highest BCUT2D eigenvalue weighted by Crippen LogP contribution is 2.20. The zero-order valence-electron chi connectivity index (χ0n) is 14.2. The number of amides is 1. The normalized spacial score (nSPS) is 10.5. The first-order valence-electron chi connectivity index (χ1n) is 8.34. The lowest BCUT2D eigenvalue weighted by atomic mass is 10.2. The molecule has 2 aromatic carbocycles. The largest absolute Gasteiger partial charge is 0.508 e. The molecular formula is C19H20N4O3. The second-order valence-corrected chi connectivity index (χ2v) is 5.73. The maximum absolute atomic E-state index is 12.6. The molecule has 3 aromatic rings.